The van der Waals surface area contributed by atoms with Gasteiger partial charge in [-0.15, -0.1) is 0 Å². The molecule has 0 fully saturated rings. The normalized spacial score (nSPS) is 14.8. The Morgan fingerprint density at radius 2 is 1.49 bits per heavy atom. The molecule has 3 aromatic carbocycles. The van der Waals surface area contributed by atoms with Gasteiger partial charge in [0.05, 0.1) is 23.7 Å². The second-order valence-electron chi connectivity index (χ2n) is 9.67. The lowest BCUT2D eigenvalue weighted by atomic mass is 10.0. The van der Waals surface area contributed by atoms with Crippen molar-refractivity contribution in [3.8, 4) is 5.69 Å². The van der Waals surface area contributed by atoms with Gasteiger partial charge >= 0.3 is 0 Å². The fraction of sp³-hybridized carbons (Fsp3) is 0.233. The molecule has 0 unspecified atom stereocenters. The minimum Gasteiger partial charge on any atom is -0.361 e. The largest absolute Gasteiger partial charge is 0.361 e. The molecule has 0 radical (unpaired) electrons. The number of rotatable bonds is 3. The Kier molecular flexibility index (Phi) is 5.14. The lowest BCUT2D eigenvalue weighted by molar-refractivity contribution is 0.496. The van der Waals surface area contributed by atoms with Gasteiger partial charge in [-0.1, -0.05) is 30.3 Å². The van der Waals surface area contributed by atoms with Crippen molar-refractivity contribution >= 4 is 22.7 Å². The van der Waals surface area contributed by atoms with Crippen molar-refractivity contribution in [1.29, 1.82) is 0 Å². The van der Waals surface area contributed by atoms with Gasteiger partial charge in [0.1, 0.15) is 0 Å². The van der Waals surface area contributed by atoms with E-state index in [0.29, 0.717) is 0 Å². The predicted octanol–water partition coefficient (Wildman–Crippen LogP) is 6.55. The maximum absolute atomic E-state index is 4.85. The first-order chi connectivity index (χ1) is 17.0. The second-order valence-corrected chi connectivity index (χ2v) is 9.67. The number of benzene rings is 3. The van der Waals surface area contributed by atoms with Crippen LogP contribution in [0.4, 0.5) is 22.7 Å². The fourth-order valence-electron chi connectivity index (χ4n) is 5.20. The summed E-state index contributed by atoms with van der Waals surface area (Å²) in [5, 5.41) is 4.85. The Balaban J connectivity index is 1.53. The van der Waals surface area contributed by atoms with Gasteiger partial charge in [0.2, 0.25) is 0 Å². The fourth-order valence-corrected chi connectivity index (χ4v) is 5.20. The van der Waals surface area contributed by atoms with E-state index >= 15 is 0 Å². The SMILES string of the molecule is Cc1nn(-c2ccc3c(c2)N(c2cccc(N4C=CN(C)C4)c2)c2ccccc2CC3)c(C)c1C. The van der Waals surface area contributed by atoms with Crippen LogP contribution >= 0.6 is 0 Å². The van der Waals surface area contributed by atoms with Crippen LogP contribution in [0.25, 0.3) is 5.69 Å². The summed E-state index contributed by atoms with van der Waals surface area (Å²) in [6.07, 6.45) is 6.30. The highest BCUT2D eigenvalue weighted by Crippen LogP contribution is 2.43. The molecular formula is C30H31N5. The van der Waals surface area contributed by atoms with E-state index in [0.717, 1.165) is 30.9 Å². The molecule has 0 bridgehead atoms. The quantitative estimate of drug-likeness (QED) is 0.346. The van der Waals surface area contributed by atoms with Gasteiger partial charge in [-0.2, -0.15) is 5.10 Å². The summed E-state index contributed by atoms with van der Waals surface area (Å²) in [5.41, 5.74) is 12.2. The molecule has 4 aromatic rings. The van der Waals surface area contributed by atoms with Gasteiger partial charge in [-0.3, -0.25) is 0 Å². The number of nitrogens with zero attached hydrogens (tertiary/aromatic N) is 5. The predicted molar refractivity (Wildman–Crippen MR) is 144 cm³/mol. The van der Waals surface area contributed by atoms with Gasteiger partial charge in [0, 0.05) is 42.2 Å². The van der Waals surface area contributed by atoms with Crippen molar-refractivity contribution in [3.63, 3.8) is 0 Å². The van der Waals surface area contributed by atoms with Crippen LogP contribution in [0.15, 0.2) is 79.1 Å². The highest BCUT2D eigenvalue weighted by Gasteiger charge is 2.24. The molecule has 35 heavy (non-hydrogen) atoms. The van der Waals surface area contributed by atoms with E-state index in [4.69, 9.17) is 5.10 Å². The van der Waals surface area contributed by atoms with Crippen LogP contribution in [0.2, 0.25) is 0 Å². The zero-order chi connectivity index (χ0) is 24.1. The van der Waals surface area contributed by atoms with Crippen LogP contribution in [0.3, 0.4) is 0 Å². The van der Waals surface area contributed by atoms with Crippen molar-refractivity contribution in [3.05, 3.63) is 107 Å². The smallest absolute Gasteiger partial charge is 0.0938 e. The Labute approximate surface area is 207 Å². The van der Waals surface area contributed by atoms with E-state index in [-0.39, 0.29) is 0 Å². The van der Waals surface area contributed by atoms with Crippen molar-refractivity contribution in [2.24, 2.45) is 0 Å². The first kappa shape index (κ1) is 21.5. The van der Waals surface area contributed by atoms with Gasteiger partial charge in [-0.25, -0.2) is 4.68 Å². The van der Waals surface area contributed by atoms with E-state index < -0.39 is 0 Å². The van der Waals surface area contributed by atoms with Crippen LogP contribution in [0, 0.1) is 20.8 Å². The van der Waals surface area contributed by atoms with Gasteiger partial charge in [0.15, 0.2) is 0 Å². The topological polar surface area (TPSA) is 27.5 Å². The lowest BCUT2D eigenvalue weighted by Gasteiger charge is -2.29. The number of hydrogen-bond donors (Lipinski definition) is 0. The van der Waals surface area contributed by atoms with E-state index in [1.165, 1.54) is 45.1 Å². The lowest BCUT2D eigenvalue weighted by Crippen LogP contribution is -2.22. The number of anilines is 4. The van der Waals surface area contributed by atoms with Crippen LogP contribution < -0.4 is 9.80 Å². The summed E-state index contributed by atoms with van der Waals surface area (Å²) in [6, 6.07) is 24.5. The molecule has 0 atom stereocenters. The molecule has 3 heterocycles. The molecule has 0 spiro atoms. The maximum Gasteiger partial charge on any atom is 0.0938 e. The summed E-state index contributed by atoms with van der Waals surface area (Å²) in [4.78, 5) is 6.90. The third kappa shape index (κ3) is 3.68. The highest BCUT2D eigenvalue weighted by atomic mass is 15.3. The van der Waals surface area contributed by atoms with Crippen molar-refractivity contribution in [2.45, 2.75) is 33.6 Å². The van der Waals surface area contributed by atoms with E-state index in [1.54, 1.807) is 0 Å². The Morgan fingerprint density at radius 3 is 2.23 bits per heavy atom. The molecule has 0 aliphatic carbocycles. The number of hydrogen-bond acceptors (Lipinski definition) is 4. The van der Waals surface area contributed by atoms with E-state index in [1.807, 2.05) is 0 Å². The molecule has 0 amide bonds. The third-order valence-electron chi connectivity index (χ3n) is 7.40. The summed E-state index contributed by atoms with van der Waals surface area (Å²) >= 11 is 0. The van der Waals surface area contributed by atoms with Gasteiger partial charge in [0.25, 0.3) is 0 Å². The van der Waals surface area contributed by atoms with Crippen molar-refractivity contribution in [2.75, 3.05) is 23.5 Å². The average molecular weight is 462 g/mol. The molecular weight excluding hydrogens is 430 g/mol. The molecule has 1 aromatic heterocycles. The monoisotopic (exact) mass is 461 g/mol. The molecule has 176 valence electrons. The minimum absolute atomic E-state index is 0.859. The van der Waals surface area contributed by atoms with Crippen molar-refractivity contribution < 1.29 is 0 Å². The molecule has 5 heteroatoms. The Bertz CT molecular complexity index is 1450. The number of aromatic nitrogens is 2. The molecule has 2 aliphatic heterocycles. The molecule has 0 saturated carbocycles. The second kappa shape index (κ2) is 8.35. The maximum atomic E-state index is 4.85. The minimum atomic E-state index is 0.859. The van der Waals surface area contributed by atoms with Crippen molar-refractivity contribution in [1.82, 2.24) is 14.7 Å². The standard InChI is InChI=1S/C30H31N5/c1-21-22(2)31-35(23(21)3)28-15-14-25-13-12-24-8-5-6-11-29(24)34(30(25)19-28)27-10-7-9-26(18-27)33-17-16-32(4)20-33/h5-11,14-19H,12-13,20H2,1-4H3. The molecule has 6 rings (SSSR count). The molecule has 0 N–H and O–H groups in total. The summed E-state index contributed by atoms with van der Waals surface area (Å²) in [7, 11) is 2.10. The molecule has 0 saturated heterocycles. The number of fused-ring (bicyclic) bond motifs is 2. The molecule has 2 aliphatic rings. The van der Waals surface area contributed by atoms with Crippen LogP contribution in [0.1, 0.15) is 28.1 Å². The van der Waals surface area contributed by atoms with Crippen LogP contribution in [-0.2, 0) is 12.8 Å². The first-order valence-electron chi connectivity index (χ1n) is 12.3. The Morgan fingerprint density at radius 1 is 0.714 bits per heavy atom. The third-order valence-corrected chi connectivity index (χ3v) is 7.40. The van der Waals surface area contributed by atoms with E-state index in [9.17, 15) is 0 Å². The summed E-state index contributed by atoms with van der Waals surface area (Å²) < 4.78 is 2.08. The highest BCUT2D eigenvalue weighted by molar-refractivity contribution is 5.83. The summed E-state index contributed by atoms with van der Waals surface area (Å²) in [6.45, 7) is 7.24. The molecule has 5 nitrogen and oxygen atoms in total. The Hall–Kier alpha value is -3.99. The number of para-hydroxylation sites is 1. The van der Waals surface area contributed by atoms with Gasteiger partial charge < -0.3 is 14.7 Å². The number of aryl methyl sites for hydroxylation is 3. The summed E-state index contributed by atoms with van der Waals surface area (Å²) in [5.74, 6) is 0. The first-order valence-corrected chi connectivity index (χ1v) is 12.3. The zero-order valence-electron chi connectivity index (χ0n) is 20.9. The average Bonchev–Trinajstić information content (AvgIpc) is 3.37. The van der Waals surface area contributed by atoms with E-state index in [2.05, 4.69) is 126 Å². The van der Waals surface area contributed by atoms with Gasteiger partial charge in [-0.05, 0) is 86.7 Å². The zero-order valence-corrected chi connectivity index (χ0v) is 20.9. The van der Waals surface area contributed by atoms with Crippen LogP contribution in [0.5, 0.6) is 0 Å². The van der Waals surface area contributed by atoms with Crippen LogP contribution in [-0.4, -0.2) is 28.4 Å².